The highest BCUT2D eigenvalue weighted by molar-refractivity contribution is 5.73. The van der Waals surface area contributed by atoms with Gasteiger partial charge in [-0.3, -0.25) is 10.1 Å². The van der Waals surface area contributed by atoms with Crippen molar-refractivity contribution >= 4 is 23.1 Å². The fraction of sp³-hybridized carbons (Fsp3) is 0.300. The lowest BCUT2D eigenvalue weighted by atomic mass is 10.2. The second-order valence-electron chi connectivity index (χ2n) is 6.69. The van der Waals surface area contributed by atoms with Crippen LogP contribution in [0.15, 0.2) is 30.5 Å². The summed E-state index contributed by atoms with van der Waals surface area (Å²) in [7, 11) is 0. The lowest BCUT2D eigenvalue weighted by Crippen LogP contribution is -2.24. The zero-order chi connectivity index (χ0) is 20.1. The Balaban J connectivity index is 1.71. The van der Waals surface area contributed by atoms with E-state index in [1.54, 1.807) is 6.20 Å². The maximum Gasteiger partial charge on any atom is 0.231 e. The minimum atomic E-state index is -0.0587. The van der Waals surface area contributed by atoms with Crippen LogP contribution < -0.4 is 15.4 Å². The highest BCUT2D eigenvalue weighted by atomic mass is 16.5. The topological polar surface area (TPSA) is 92.1 Å². The van der Waals surface area contributed by atoms with E-state index in [2.05, 4.69) is 35.6 Å². The van der Waals surface area contributed by atoms with E-state index in [9.17, 15) is 0 Å². The van der Waals surface area contributed by atoms with Gasteiger partial charge in [-0.2, -0.15) is 5.10 Å². The van der Waals surface area contributed by atoms with Gasteiger partial charge in [-0.1, -0.05) is 0 Å². The third-order valence-electron chi connectivity index (χ3n) is 4.02. The smallest absolute Gasteiger partial charge is 0.231 e. The number of H-pyrrole nitrogens is 1. The van der Waals surface area contributed by atoms with Crippen LogP contribution >= 0.6 is 0 Å². The average Bonchev–Trinajstić information content (AvgIpc) is 3.06. The van der Waals surface area contributed by atoms with Crippen molar-refractivity contribution in [3.05, 3.63) is 58.8 Å². The van der Waals surface area contributed by atoms with E-state index in [0.29, 0.717) is 35.5 Å². The molecule has 0 fully saturated rings. The van der Waals surface area contributed by atoms with Crippen LogP contribution in [0.2, 0.25) is 0 Å². The first kappa shape index (κ1) is 19.2. The molecule has 0 aliphatic heterocycles. The van der Waals surface area contributed by atoms with Gasteiger partial charge in [-0.15, -0.1) is 0 Å². The summed E-state index contributed by atoms with van der Waals surface area (Å²) in [4.78, 5) is 12.4. The Morgan fingerprint density at radius 2 is 2.04 bits per heavy atom. The predicted octanol–water partition coefficient (Wildman–Crippen LogP) is 4.30. The molecule has 0 aliphatic rings. The SMILES string of the molecule is [C-]#[N+]c1c(C)cc(Nc2cc(C)[nH]n2)nc1N[C@@H](C)COc1ccc(C)nc1. The van der Waals surface area contributed by atoms with Crippen LogP contribution in [0, 0.1) is 27.3 Å². The Labute approximate surface area is 164 Å². The van der Waals surface area contributed by atoms with Crippen LogP contribution in [-0.2, 0) is 0 Å². The van der Waals surface area contributed by atoms with Gasteiger partial charge < -0.3 is 15.4 Å². The van der Waals surface area contributed by atoms with E-state index in [0.717, 1.165) is 17.0 Å². The number of hydrogen-bond donors (Lipinski definition) is 3. The third-order valence-corrected chi connectivity index (χ3v) is 4.02. The molecule has 0 unspecified atom stereocenters. The molecule has 3 aromatic rings. The summed E-state index contributed by atoms with van der Waals surface area (Å²) in [6.45, 7) is 15.6. The average molecular weight is 377 g/mol. The third kappa shape index (κ3) is 4.76. The molecule has 0 aromatic carbocycles. The quantitative estimate of drug-likeness (QED) is 0.532. The molecule has 3 aromatic heterocycles. The van der Waals surface area contributed by atoms with E-state index in [4.69, 9.17) is 11.3 Å². The minimum absolute atomic E-state index is 0.0587. The van der Waals surface area contributed by atoms with Crippen LogP contribution in [0.1, 0.15) is 23.9 Å². The van der Waals surface area contributed by atoms with E-state index in [-0.39, 0.29) is 6.04 Å². The molecule has 0 saturated heterocycles. The summed E-state index contributed by atoms with van der Waals surface area (Å²) >= 11 is 0. The summed E-state index contributed by atoms with van der Waals surface area (Å²) in [5.41, 5.74) is 3.22. The van der Waals surface area contributed by atoms with Crippen LogP contribution in [0.4, 0.5) is 23.1 Å². The van der Waals surface area contributed by atoms with E-state index in [1.807, 2.05) is 52.0 Å². The van der Waals surface area contributed by atoms with Gasteiger partial charge in [0.05, 0.1) is 18.8 Å². The Hall–Kier alpha value is -3.60. The molecule has 8 heteroatoms. The summed E-state index contributed by atoms with van der Waals surface area (Å²) < 4.78 is 5.77. The number of nitrogens with one attached hydrogen (secondary N) is 3. The molecule has 0 spiro atoms. The second-order valence-corrected chi connectivity index (χ2v) is 6.69. The normalized spacial score (nSPS) is 11.5. The minimum Gasteiger partial charge on any atom is -0.490 e. The number of aromatic amines is 1. The Kier molecular flexibility index (Phi) is 5.75. The van der Waals surface area contributed by atoms with Gasteiger partial charge >= 0.3 is 0 Å². The Morgan fingerprint density at radius 3 is 2.68 bits per heavy atom. The van der Waals surface area contributed by atoms with Crippen LogP contribution in [-0.4, -0.2) is 32.8 Å². The molecule has 3 N–H and O–H groups in total. The van der Waals surface area contributed by atoms with Crippen molar-refractivity contribution in [1.29, 1.82) is 0 Å². The molecule has 8 nitrogen and oxygen atoms in total. The van der Waals surface area contributed by atoms with Crippen LogP contribution in [0.25, 0.3) is 4.85 Å². The molecule has 0 aliphatic carbocycles. The van der Waals surface area contributed by atoms with E-state index in [1.165, 1.54) is 0 Å². The van der Waals surface area contributed by atoms with Gasteiger partial charge in [0.15, 0.2) is 5.82 Å². The number of pyridine rings is 2. The number of aryl methyl sites for hydroxylation is 3. The van der Waals surface area contributed by atoms with Crippen LogP contribution in [0.3, 0.4) is 0 Å². The number of nitrogens with zero attached hydrogens (tertiary/aromatic N) is 4. The molecule has 3 rings (SSSR count). The van der Waals surface area contributed by atoms with Crippen molar-refractivity contribution in [1.82, 2.24) is 20.2 Å². The number of ether oxygens (including phenoxy) is 1. The number of rotatable bonds is 7. The molecular formula is C20H23N7O. The second kappa shape index (κ2) is 8.39. The fourth-order valence-corrected chi connectivity index (χ4v) is 2.62. The zero-order valence-corrected chi connectivity index (χ0v) is 16.4. The maximum atomic E-state index is 7.49. The predicted molar refractivity (Wildman–Crippen MR) is 109 cm³/mol. The number of aromatic nitrogens is 4. The van der Waals surface area contributed by atoms with Crippen molar-refractivity contribution < 1.29 is 4.74 Å². The largest absolute Gasteiger partial charge is 0.490 e. The molecule has 0 bridgehead atoms. The van der Waals surface area contributed by atoms with Crippen molar-refractivity contribution in [2.75, 3.05) is 17.2 Å². The molecule has 0 radical (unpaired) electrons. The van der Waals surface area contributed by atoms with Gasteiger partial charge in [0.2, 0.25) is 5.69 Å². The van der Waals surface area contributed by atoms with Crippen molar-refractivity contribution in [3.8, 4) is 5.75 Å². The van der Waals surface area contributed by atoms with Gasteiger partial charge in [0.25, 0.3) is 0 Å². The molecule has 3 heterocycles. The molecule has 0 saturated carbocycles. The van der Waals surface area contributed by atoms with Crippen molar-refractivity contribution in [3.63, 3.8) is 0 Å². The van der Waals surface area contributed by atoms with Gasteiger partial charge in [0, 0.05) is 17.5 Å². The van der Waals surface area contributed by atoms with Gasteiger partial charge in [-0.25, -0.2) is 9.83 Å². The summed E-state index contributed by atoms with van der Waals surface area (Å²) in [5, 5.41) is 13.5. The summed E-state index contributed by atoms with van der Waals surface area (Å²) in [6, 6.07) is 7.46. The Bertz CT molecular complexity index is 989. The first-order chi connectivity index (χ1) is 13.4. The van der Waals surface area contributed by atoms with Crippen LogP contribution in [0.5, 0.6) is 5.75 Å². The molecule has 144 valence electrons. The van der Waals surface area contributed by atoms with Gasteiger partial charge in [-0.05, 0) is 51.5 Å². The van der Waals surface area contributed by atoms with E-state index < -0.39 is 0 Å². The van der Waals surface area contributed by atoms with E-state index >= 15 is 0 Å². The molecular weight excluding hydrogens is 354 g/mol. The zero-order valence-electron chi connectivity index (χ0n) is 16.4. The van der Waals surface area contributed by atoms with Crippen molar-refractivity contribution in [2.24, 2.45) is 0 Å². The first-order valence-corrected chi connectivity index (χ1v) is 8.94. The molecule has 0 amide bonds. The lowest BCUT2D eigenvalue weighted by Gasteiger charge is -2.18. The molecule has 28 heavy (non-hydrogen) atoms. The highest BCUT2D eigenvalue weighted by Crippen LogP contribution is 2.31. The standard InChI is InChI=1S/C20H23N7O/c1-12-8-17(24-18-9-14(3)26-27-18)25-20(19(12)21-5)23-15(4)11-28-16-7-6-13(2)22-10-16/h6-10,15H,11H2,1-4H3,(H3,23,24,25,26,27)/t15-/m0/s1. The first-order valence-electron chi connectivity index (χ1n) is 8.94. The number of hydrogen-bond acceptors (Lipinski definition) is 6. The summed E-state index contributed by atoms with van der Waals surface area (Å²) in [5.74, 6) is 2.52. The monoisotopic (exact) mass is 377 g/mol. The fourth-order valence-electron chi connectivity index (χ4n) is 2.62. The van der Waals surface area contributed by atoms with Gasteiger partial charge in [0.1, 0.15) is 24.0 Å². The lowest BCUT2D eigenvalue weighted by molar-refractivity contribution is 0.302. The summed E-state index contributed by atoms with van der Waals surface area (Å²) in [6.07, 6.45) is 1.70. The highest BCUT2D eigenvalue weighted by Gasteiger charge is 2.14. The maximum absolute atomic E-state index is 7.49. The Morgan fingerprint density at radius 1 is 1.21 bits per heavy atom. The number of anilines is 3. The van der Waals surface area contributed by atoms with Crippen molar-refractivity contribution in [2.45, 2.75) is 33.7 Å². The molecule has 1 atom stereocenters.